The highest BCUT2D eigenvalue weighted by molar-refractivity contribution is 5.93. The van der Waals surface area contributed by atoms with E-state index in [0.717, 1.165) is 11.4 Å². The molecule has 5 rings (SSSR count). The van der Waals surface area contributed by atoms with Crippen LogP contribution in [0.5, 0.6) is 5.75 Å². The van der Waals surface area contributed by atoms with Gasteiger partial charge in [-0.2, -0.15) is 5.10 Å². The molecule has 1 N–H and O–H groups in total. The molecule has 0 unspecified atom stereocenters. The van der Waals surface area contributed by atoms with Gasteiger partial charge in [0.05, 0.1) is 43.3 Å². The molecule has 0 saturated carbocycles. The number of ether oxygens (including phenoxy) is 2. The summed E-state index contributed by atoms with van der Waals surface area (Å²) in [5, 5.41) is 6.79. The lowest BCUT2D eigenvalue weighted by Gasteiger charge is -2.27. The molecule has 2 fully saturated rings. The van der Waals surface area contributed by atoms with Gasteiger partial charge in [0.15, 0.2) is 0 Å². The van der Waals surface area contributed by atoms with Gasteiger partial charge in [-0.05, 0) is 18.2 Å². The predicted molar refractivity (Wildman–Crippen MR) is 107 cm³/mol. The minimum absolute atomic E-state index is 0.0354. The molecule has 2 aromatic rings. The Balaban J connectivity index is 1.27. The number of nitrogens with one attached hydrogen (secondary N) is 1. The van der Waals surface area contributed by atoms with E-state index in [1.165, 1.54) is 0 Å². The third kappa shape index (κ3) is 3.08. The minimum atomic E-state index is -0.705. The molecule has 1 spiro atoms. The molecule has 8 heteroatoms. The van der Waals surface area contributed by atoms with Crippen LogP contribution in [0.25, 0.3) is 0 Å². The van der Waals surface area contributed by atoms with Gasteiger partial charge in [0.2, 0.25) is 11.8 Å². The van der Waals surface area contributed by atoms with Crippen LogP contribution in [0.15, 0.2) is 54.7 Å². The molecule has 1 aromatic heterocycles. The van der Waals surface area contributed by atoms with E-state index >= 15 is 0 Å². The summed E-state index contributed by atoms with van der Waals surface area (Å²) in [6.45, 7) is 1.72. The summed E-state index contributed by atoms with van der Waals surface area (Å²) < 4.78 is 11.9. The van der Waals surface area contributed by atoms with E-state index in [4.69, 9.17) is 9.47 Å². The van der Waals surface area contributed by atoms with Crippen LogP contribution in [0, 0.1) is 11.8 Å². The minimum Gasteiger partial charge on any atom is -0.492 e. The van der Waals surface area contributed by atoms with Crippen molar-refractivity contribution in [2.75, 3.05) is 26.7 Å². The molecular formula is C22H24N4O4. The van der Waals surface area contributed by atoms with Crippen LogP contribution in [0.3, 0.4) is 0 Å². The molecule has 8 nitrogen and oxygen atoms in total. The Morgan fingerprint density at radius 3 is 2.97 bits per heavy atom. The number of hydrogen-bond donors (Lipinski definition) is 1. The number of aromatic amines is 1. The average molecular weight is 408 g/mol. The number of hydrogen-bond acceptors (Lipinski definition) is 5. The lowest BCUT2D eigenvalue weighted by atomic mass is 9.76. The van der Waals surface area contributed by atoms with E-state index in [0.29, 0.717) is 26.2 Å². The zero-order chi connectivity index (χ0) is 20.7. The van der Waals surface area contributed by atoms with Crippen LogP contribution >= 0.6 is 0 Å². The first-order valence-corrected chi connectivity index (χ1v) is 10.1. The van der Waals surface area contributed by atoms with E-state index in [1.54, 1.807) is 23.0 Å². The first-order valence-electron chi connectivity index (χ1n) is 10.1. The highest BCUT2D eigenvalue weighted by Gasteiger charge is 2.67. The Kier molecular flexibility index (Phi) is 4.58. The van der Waals surface area contributed by atoms with Crippen molar-refractivity contribution in [3.63, 3.8) is 0 Å². The van der Waals surface area contributed by atoms with Crippen molar-refractivity contribution in [3.05, 3.63) is 60.4 Å². The molecule has 2 saturated heterocycles. The number of rotatable bonds is 7. The summed E-state index contributed by atoms with van der Waals surface area (Å²) in [4.78, 5) is 29.9. The molecular weight excluding hydrogens is 384 g/mol. The molecule has 3 aliphatic heterocycles. The van der Waals surface area contributed by atoms with Gasteiger partial charge in [-0.3, -0.25) is 14.7 Å². The molecule has 1 aromatic carbocycles. The highest BCUT2D eigenvalue weighted by Crippen LogP contribution is 2.52. The molecule has 2 bridgehead atoms. The first kappa shape index (κ1) is 18.9. The molecule has 3 aliphatic rings. The summed E-state index contributed by atoms with van der Waals surface area (Å²) >= 11 is 0. The molecule has 4 heterocycles. The second-order valence-corrected chi connectivity index (χ2v) is 8.10. The molecule has 30 heavy (non-hydrogen) atoms. The number of H-pyrrole nitrogens is 1. The third-order valence-electron chi connectivity index (χ3n) is 6.18. The van der Waals surface area contributed by atoms with Gasteiger partial charge in [-0.15, -0.1) is 0 Å². The van der Waals surface area contributed by atoms with Crippen LogP contribution in [-0.4, -0.2) is 70.3 Å². The zero-order valence-corrected chi connectivity index (χ0v) is 16.7. The van der Waals surface area contributed by atoms with Gasteiger partial charge in [0.25, 0.3) is 0 Å². The number of carbonyl (C=O) groups excluding carboxylic acids is 2. The van der Waals surface area contributed by atoms with E-state index in [2.05, 4.69) is 10.2 Å². The lowest BCUT2D eigenvalue weighted by Crippen LogP contribution is -2.44. The summed E-state index contributed by atoms with van der Waals surface area (Å²) in [5.74, 6) is -0.335. The van der Waals surface area contributed by atoms with Crippen molar-refractivity contribution in [3.8, 4) is 5.75 Å². The molecule has 4 atom stereocenters. The van der Waals surface area contributed by atoms with Crippen molar-refractivity contribution in [1.82, 2.24) is 20.0 Å². The van der Waals surface area contributed by atoms with Crippen molar-refractivity contribution in [2.24, 2.45) is 11.8 Å². The topological polar surface area (TPSA) is 87.8 Å². The van der Waals surface area contributed by atoms with Gasteiger partial charge in [0.1, 0.15) is 18.0 Å². The number of fused-ring (bicyclic) bond motifs is 1. The number of para-hydroxylation sites is 1. The van der Waals surface area contributed by atoms with Crippen LogP contribution in [0.2, 0.25) is 0 Å². The molecule has 0 aliphatic carbocycles. The smallest absolute Gasteiger partial charge is 0.230 e. The summed E-state index contributed by atoms with van der Waals surface area (Å²) in [6, 6.07) is 11.4. The normalized spacial score (nSPS) is 28.8. The number of likely N-dealkylation sites (tertiary alicyclic amines) is 1. The Morgan fingerprint density at radius 2 is 2.20 bits per heavy atom. The number of benzene rings is 1. The van der Waals surface area contributed by atoms with Gasteiger partial charge in [-0.25, -0.2) is 0 Å². The standard InChI is InChI=1S/C22H24N4O4/c1-25(13-15-8-10-23-24-15)20(27)18-17-7-9-22(30-17)14-26(21(28)19(18)22)11-12-29-16-5-3-2-4-6-16/h2-10,17-19H,11-14H2,1H3,(H,23,24)/t17-,18-,19+,22-/m0/s1. The van der Waals surface area contributed by atoms with Crippen LogP contribution in [0.4, 0.5) is 0 Å². The van der Waals surface area contributed by atoms with Crippen molar-refractivity contribution in [1.29, 1.82) is 0 Å². The van der Waals surface area contributed by atoms with E-state index in [9.17, 15) is 9.59 Å². The summed E-state index contributed by atoms with van der Waals surface area (Å²) in [7, 11) is 1.75. The fraction of sp³-hybridized carbons (Fsp3) is 0.409. The lowest BCUT2D eigenvalue weighted by molar-refractivity contribution is -0.142. The maximum absolute atomic E-state index is 13.2. The Morgan fingerprint density at radius 1 is 1.37 bits per heavy atom. The number of amides is 2. The Labute approximate surface area is 174 Å². The van der Waals surface area contributed by atoms with Crippen LogP contribution in [0.1, 0.15) is 5.69 Å². The van der Waals surface area contributed by atoms with Crippen LogP contribution < -0.4 is 4.74 Å². The molecule has 156 valence electrons. The number of carbonyl (C=O) groups is 2. The maximum Gasteiger partial charge on any atom is 0.230 e. The second kappa shape index (κ2) is 7.28. The first-order chi connectivity index (χ1) is 14.6. The summed E-state index contributed by atoms with van der Waals surface area (Å²) in [5.41, 5.74) is 0.140. The predicted octanol–water partition coefficient (Wildman–Crippen LogP) is 1.23. The third-order valence-corrected chi connectivity index (χ3v) is 6.18. The fourth-order valence-electron chi connectivity index (χ4n) is 4.80. The largest absolute Gasteiger partial charge is 0.492 e. The van der Waals surface area contributed by atoms with E-state index in [1.807, 2.05) is 48.6 Å². The number of aromatic nitrogens is 2. The van der Waals surface area contributed by atoms with Gasteiger partial charge >= 0.3 is 0 Å². The Hall–Kier alpha value is -3.13. The van der Waals surface area contributed by atoms with Gasteiger partial charge in [-0.1, -0.05) is 30.4 Å². The Bertz CT molecular complexity index is 961. The SMILES string of the molecule is CN(Cc1ccn[nH]1)C(=O)[C@H]1[C@@H]2C=C[C@@]3(CN(CCOc4ccccc4)C(=O)[C@@H]13)O2. The quantitative estimate of drug-likeness (QED) is 0.697. The molecule has 0 radical (unpaired) electrons. The fourth-order valence-corrected chi connectivity index (χ4v) is 4.80. The van der Waals surface area contributed by atoms with Gasteiger partial charge < -0.3 is 19.3 Å². The molecule has 2 amide bonds. The van der Waals surface area contributed by atoms with Gasteiger partial charge in [0, 0.05) is 13.2 Å². The van der Waals surface area contributed by atoms with E-state index < -0.39 is 17.4 Å². The van der Waals surface area contributed by atoms with Crippen molar-refractivity contribution >= 4 is 11.8 Å². The highest BCUT2D eigenvalue weighted by atomic mass is 16.5. The number of nitrogens with zero attached hydrogens (tertiary/aromatic N) is 3. The van der Waals surface area contributed by atoms with Crippen molar-refractivity contribution < 1.29 is 19.1 Å². The van der Waals surface area contributed by atoms with Crippen LogP contribution in [-0.2, 0) is 20.9 Å². The average Bonchev–Trinajstić information content (AvgIpc) is 3.51. The van der Waals surface area contributed by atoms with E-state index in [-0.39, 0.29) is 17.9 Å². The monoisotopic (exact) mass is 408 g/mol. The second-order valence-electron chi connectivity index (χ2n) is 8.10. The maximum atomic E-state index is 13.2. The van der Waals surface area contributed by atoms with Crippen molar-refractivity contribution in [2.45, 2.75) is 18.2 Å². The summed E-state index contributed by atoms with van der Waals surface area (Å²) in [6.07, 6.45) is 5.21. The zero-order valence-electron chi connectivity index (χ0n) is 16.7.